The average Bonchev–Trinajstić information content (AvgIpc) is 2.87. The third-order valence-electron chi connectivity index (χ3n) is 7.96. The average molecular weight is 568 g/mol. The van der Waals surface area contributed by atoms with Crippen molar-refractivity contribution in [2.24, 2.45) is 28.7 Å². The SMILES string of the molecule is CNC1C(O[C@H]2OC(CO)[C@@H](NC(N)N)C[C@@H]2O)O[C@H]2CC(N)[C@@H](O[C@@H]3C(N)C[C@@H](N)[C@@H](O)C3O)OC2C1O. The largest absolute Gasteiger partial charge is 0.394 e. The molecule has 0 spiro atoms. The lowest BCUT2D eigenvalue weighted by Crippen LogP contribution is -2.70. The summed E-state index contributed by atoms with van der Waals surface area (Å²) in [7, 11) is 1.59. The van der Waals surface area contributed by atoms with E-state index in [4.69, 9.17) is 52.4 Å². The van der Waals surface area contributed by atoms with Gasteiger partial charge in [-0.15, -0.1) is 0 Å². The van der Waals surface area contributed by atoms with Crippen molar-refractivity contribution in [3.05, 3.63) is 0 Å². The topological polar surface area (TPSA) is 301 Å². The van der Waals surface area contributed by atoms with E-state index in [2.05, 4.69) is 10.6 Å². The molecule has 3 heterocycles. The van der Waals surface area contributed by atoms with Gasteiger partial charge in [0.2, 0.25) is 0 Å². The number of rotatable bonds is 8. The van der Waals surface area contributed by atoms with Crippen molar-refractivity contribution in [2.45, 2.75) is 123 Å². The van der Waals surface area contributed by atoms with Crippen LogP contribution < -0.4 is 39.3 Å². The second kappa shape index (κ2) is 13.1. The van der Waals surface area contributed by atoms with Crippen molar-refractivity contribution in [3.8, 4) is 0 Å². The normalized spacial score (nSPS) is 51.1. The van der Waals surface area contributed by atoms with Crippen LogP contribution in [-0.2, 0) is 23.7 Å². The molecule has 4 aliphatic rings. The van der Waals surface area contributed by atoms with Crippen LogP contribution in [0.25, 0.3) is 0 Å². The van der Waals surface area contributed by atoms with Gasteiger partial charge in [-0.1, -0.05) is 0 Å². The van der Waals surface area contributed by atoms with Crippen LogP contribution in [0, 0.1) is 0 Å². The molecule has 3 saturated heterocycles. The van der Waals surface area contributed by atoms with E-state index < -0.39 is 104 Å². The van der Waals surface area contributed by atoms with Crippen molar-refractivity contribution in [1.82, 2.24) is 10.6 Å². The zero-order chi connectivity index (χ0) is 28.6. The number of nitrogens with one attached hydrogen (secondary N) is 2. The number of ether oxygens (including phenoxy) is 5. The monoisotopic (exact) mass is 567 g/mol. The van der Waals surface area contributed by atoms with Crippen LogP contribution in [0.3, 0.4) is 0 Å². The van der Waals surface area contributed by atoms with Crippen molar-refractivity contribution in [2.75, 3.05) is 13.7 Å². The highest BCUT2D eigenvalue weighted by Gasteiger charge is 2.53. The van der Waals surface area contributed by atoms with Crippen LogP contribution in [0.4, 0.5) is 0 Å². The summed E-state index contributed by atoms with van der Waals surface area (Å²) in [6.45, 7) is -0.377. The first kappa shape index (κ1) is 31.3. The molecule has 8 unspecified atom stereocenters. The Labute approximate surface area is 226 Å². The molecule has 17 heteroatoms. The third kappa shape index (κ3) is 6.71. The molecule has 4 fully saturated rings. The zero-order valence-corrected chi connectivity index (χ0v) is 21.8. The molecule has 1 saturated carbocycles. The van der Waals surface area contributed by atoms with Gasteiger partial charge in [-0.3, -0.25) is 5.32 Å². The summed E-state index contributed by atoms with van der Waals surface area (Å²) in [6, 6.07) is -3.43. The van der Waals surface area contributed by atoms with Gasteiger partial charge >= 0.3 is 0 Å². The summed E-state index contributed by atoms with van der Waals surface area (Å²) >= 11 is 0. The molecule has 0 bridgehead atoms. The van der Waals surface area contributed by atoms with E-state index in [1.54, 1.807) is 7.05 Å². The molecule has 0 amide bonds. The van der Waals surface area contributed by atoms with Crippen molar-refractivity contribution < 1.29 is 49.2 Å². The maximum absolute atomic E-state index is 11.2. The minimum atomic E-state index is -1.34. The number of aliphatic hydroxyl groups excluding tert-OH is 5. The van der Waals surface area contributed by atoms with E-state index in [9.17, 15) is 25.5 Å². The van der Waals surface area contributed by atoms with Crippen LogP contribution in [0.2, 0.25) is 0 Å². The first-order chi connectivity index (χ1) is 18.4. The molecular formula is C22H45N7O10. The summed E-state index contributed by atoms with van der Waals surface area (Å²) in [5, 5.41) is 58.0. The third-order valence-corrected chi connectivity index (χ3v) is 7.96. The first-order valence-electron chi connectivity index (χ1n) is 13.3. The summed E-state index contributed by atoms with van der Waals surface area (Å²) in [4.78, 5) is 0. The highest BCUT2D eigenvalue weighted by molar-refractivity contribution is 5.01. The molecule has 39 heavy (non-hydrogen) atoms. The minimum Gasteiger partial charge on any atom is -0.394 e. The molecule has 0 aromatic carbocycles. The van der Waals surface area contributed by atoms with Crippen LogP contribution in [0.5, 0.6) is 0 Å². The summed E-state index contributed by atoms with van der Waals surface area (Å²) in [6.07, 6.45) is -11.8. The van der Waals surface area contributed by atoms with Gasteiger partial charge in [0.05, 0.1) is 37.0 Å². The van der Waals surface area contributed by atoms with Crippen molar-refractivity contribution >= 4 is 0 Å². The Morgan fingerprint density at radius 3 is 2.18 bits per heavy atom. The fourth-order valence-electron chi connectivity index (χ4n) is 5.82. The van der Waals surface area contributed by atoms with E-state index in [0.29, 0.717) is 0 Å². The summed E-state index contributed by atoms with van der Waals surface area (Å²) in [5.41, 5.74) is 29.4. The van der Waals surface area contributed by atoms with Gasteiger partial charge in [0.1, 0.15) is 36.8 Å². The Hall–Kier alpha value is -0.680. The minimum absolute atomic E-state index is 0.133. The Morgan fingerprint density at radius 2 is 1.54 bits per heavy atom. The predicted molar refractivity (Wildman–Crippen MR) is 133 cm³/mol. The Bertz CT molecular complexity index is 789. The predicted octanol–water partition coefficient (Wildman–Crippen LogP) is -7.09. The molecule has 17 nitrogen and oxygen atoms in total. The number of likely N-dealkylation sites (N-methyl/N-ethyl adjacent to an activating group) is 1. The first-order valence-corrected chi connectivity index (χ1v) is 13.3. The molecule has 17 N–H and O–H groups in total. The Balaban J connectivity index is 1.41. The van der Waals surface area contributed by atoms with E-state index >= 15 is 0 Å². The van der Waals surface area contributed by atoms with E-state index in [1.165, 1.54) is 0 Å². The van der Waals surface area contributed by atoms with Gasteiger partial charge < -0.3 is 83.2 Å². The Kier molecular flexibility index (Phi) is 10.5. The zero-order valence-electron chi connectivity index (χ0n) is 21.8. The van der Waals surface area contributed by atoms with Crippen LogP contribution in [0.1, 0.15) is 19.3 Å². The van der Waals surface area contributed by atoms with Crippen molar-refractivity contribution in [1.29, 1.82) is 0 Å². The maximum Gasteiger partial charge on any atom is 0.187 e. The van der Waals surface area contributed by atoms with Gasteiger partial charge in [-0.2, -0.15) is 0 Å². The van der Waals surface area contributed by atoms with Crippen LogP contribution >= 0.6 is 0 Å². The van der Waals surface area contributed by atoms with Gasteiger partial charge in [-0.25, -0.2) is 0 Å². The number of fused-ring (bicyclic) bond motifs is 1. The standard InChI is InChI=1S/C22H45N7O10/c1-28-13-15(33)18-11(3-8(25)19(38-18)37-17-7(24)2-6(23)14(32)16(17)34)35-21(13)39-20-10(31)4-9(29-22(26)27)12(5-30)36-20/h6-22,28-34H,2-5,23-27H2,1H3/t6-,7?,8?,9+,10+,11+,12?,13?,14-,15?,16?,17-,18?,19+,20-,21?/m1/s1. The summed E-state index contributed by atoms with van der Waals surface area (Å²) < 4.78 is 29.8. The van der Waals surface area contributed by atoms with E-state index in [1.807, 2.05) is 0 Å². The van der Waals surface area contributed by atoms with Gasteiger partial charge in [0, 0.05) is 18.1 Å². The molecule has 16 atom stereocenters. The maximum atomic E-state index is 11.2. The number of aliphatic hydroxyl groups is 5. The van der Waals surface area contributed by atoms with Gasteiger partial charge in [0.25, 0.3) is 0 Å². The highest BCUT2D eigenvalue weighted by atomic mass is 16.8. The van der Waals surface area contributed by atoms with Crippen LogP contribution in [-0.4, -0.2) is 143 Å². The fraction of sp³-hybridized carbons (Fsp3) is 1.00. The molecule has 0 radical (unpaired) electrons. The quantitative estimate of drug-likeness (QED) is 0.121. The number of nitrogens with two attached hydrogens (primary N) is 5. The molecule has 4 rings (SSSR count). The molecule has 1 aliphatic carbocycles. The smallest absolute Gasteiger partial charge is 0.187 e. The summed E-state index contributed by atoms with van der Waals surface area (Å²) in [5.74, 6) is 0. The second-order valence-corrected chi connectivity index (χ2v) is 10.8. The molecular weight excluding hydrogens is 522 g/mol. The molecule has 228 valence electrons. The lowest BCUT2D eigenvalue weighted by Gasteiger charge is -2.51. The van der Waals surface area contributed by atoms with Gasteiger partial charge in [0.15, 0.2) is 18.9 Å². The van der Waals surface area contributed by atoms with Gasteiger partial charge in [-0.05, 0) is 26.3 Å². The molecule has 3 aliphatic heterocycles. The molecule has 0 aromatic rings. The van der Waals surface area contributed by atoms with E-state index in [0.717, 1.165) is 0 Å². The highest BCUT2D eigenvalue weighted by Crippen LogP contribution is 2.35. The van der Waals surface area contributed by atoms with Crippen molar-refractivity contribution in [3.63, 3.8) is 0 Å². The van der Waals surface area contributed by atoms with E-state index in [-0.39, 0.29) is 25.9 Å². The number of hydrogen-bond donors (Lipinski definition) is 12. The number of hydrogen-bond acceptors (Lipinski definition) is 17. The Morgan fingerprint density at radius 1 is 0.821 bits per heavy atom. The second-order valence-electron chi connectivity index (χ2n) is 10.8. The van der Waals surface area contributed by atoms with Crippen LogP contribution in [0.15, 0.2) is 0 Å². The lowest BCUT2D eigenvalue weighted by molar-refractivity contribution is -0.368. The molecule has 0 aromatic heterocycles. The lowest BCUT2D eigenvalue weighted by atomic mass is 9.84. The fourth-order valence-corrected chi connectivity index (χ4v) is 5.82.